The molecule has 0 spiro atoms. The third kappa shape index (κ3) is 3.46. The summed E-state index contributed by atoms with van der Waals surface area (Å²) in [5.41, 5.74) is 1.16. The Balaban J connectivity index is 1.68. The fourth-order valence-electron chi connectivity index (χ4n) is 1.90. The fourth-order valence-corrected chi connectivity index (χ4v) is 3.35. The first-order valence-electron chi connectivity index (χ1n) is 6.66. The van der Waals surface area contributed by atoms with Gasteiger partial charge in [-0.25, -0.2) is 4.98 Å². The van der Waals surface area contributed by atoms with Crippen LogP contribution in [0.3, 0.4) is 0 Å². The molecule has 0 radical (unpaired) electrons. The summed E-state index contributed by atoms with van der Waals surface area (Å²) in [5, 5.41) is 10.0. The molecule has 1 N–H and O–H groups in total. The van der Waals surface area contributed by atoms with Crippen molar-refractivity contribution in [3.8, 4) is 16.5 Å². The van der Waals surface area contributed by atoms with Gasteiger partial charge in [0.05, 0.1) is 11.5 Å². The first kappa shape index (κ1) is 14.2. The van der Waals surface area contributed by atoms with Crippen LogP contribution in [0.1, 0.15) is 12.5 Å². The monoisotopic (exact) mass is 317 g/mol. The molecule has 0 unspecified atom stereocenters. The number of benzene rings is 1. The fraction of sp³-hybridized carbons (Fsp3) is 0.200. The van der Waals surface area contributed by atoms with E-state index in [1.807, 2.05) is 42.6 Å². The molecule has 3 aromatic rings. The largest absolute Gasteiger partial charge is 0.494 e. The summed E-state index contributed by atoms with van der Waals surface area (Å²) in [5.74, 6) is 2.55. The summed E-state index contributed by atoms with van der Waals surface area (Å²) in [6.45, 7) is 2.66. The zero-order valence-corrected chi connectivity index (χ0v) is 13.2. The Labute approximate surface area is 131 Å². The molecule has 0 saturated carbocycles. The summed E-state index contributed by atoms with van der Waals surface area (Å²) in [4.78, 5) is 5.61. The molecule has 2 heterocycles. The van der Waals surface area contributed by atoms with Gasteiger partial charge in [-0.1, -0.05) is 36.0 Å². The third-order valence-corrected chi connectivity index (χ3v) is 4.62. The van der Waals surface area contributed by atoms with E-state index in [1.165, 1.54) is 0 Å². The number of thiophene rings is 1. The number of hydrogen-bond donors (Lipinski definition) is 1. The quantitative estimate of drug-likeness (QED) is 0.691. The summed E-state index contributed by atoms with van der Waals surface area (Å²) >= 11 is 3.25. The van der Waals surface area contributed by atoms with E-state index >= 15 is 0 Å². The smallest absolute Gasteiger partial charge is 0.209 e. The van der Waals surface area contributed by atoms with Crippen molar-refractivity contribution in [3.63, 3.8) is 0 Å². The van der Waals surface area contributed by atoms with Gasteiger partial charge in [0, 0.05) is 11.3 Å². The van der Waals surface area contributed by atoms with Crippen molar-refractivity contribution in [2.45, 2.75) is 17.8 Å². The number of hydrogen-bond acceptors (Lipinski definition) is 5. The second-order valence-electron chi connectivity index (χ2n) is 4.27. The van der Waals surface area contributed by atoms with Crippen LogP contribution >= 0.6 is 23.1 Å². The molecule has 0 bridgehead atoms. The number of nitrogens with one attached hydrogen (secondary N) is 1. The van der Waals surface area contributed by atoms with Crippen LogP contribution in [0.2, 0.25) is 0 Å². The van der Waals surface area contributed by atoms with Gasteiger partial charge < -0.3 is 4.74 Å². The second-order valence-corrected chi connectivity index (χ2v) is 6.16. The highest BCUT2D eigenvalue weighted by atomic mass is 32.2. The van der Waals surface area contributed by atoms with Crippen molar-refractivity contribution in [1.29, 1.82) is 0 Å². The average molecular weight is 317 g/mol. The first-order valence-corrected chi connectivity index (χ1v) is 8.53. The summed E-state index contributed by atoms with van der Waals surface area (Å²) in [6, 6.07) is 12.1. The number of para-hydroxylation sites is 1. The van der Waals surface area contributed by atoms with E-state index in [9.17, 15) is 0 Å². The number of aromatic nitrogens is 3. The van der Waals surface area contributed by atoms with Gasteiger partial charge >= 0.3 is 0 Å². The van der Waals surface area contributed by atoms with E-state index in [-0.39, 0.29) is 0 Å². The molecule has 21 heavy (non-hydrogen) atoms. The highest BCUT2D eigenvalue weighted by Gasteiger charge is 2.09. The standard InChI is InChI=1S/C15H15N3OS2/c1-2-19-12-7-4-3-6-11(12)10-21-15-16-14(17-18-15)13-8-5-9-20-13/h3-9H,2,10H2,1H3,(H,16,17,18). The van der Waals surface area contributed by atoms with Crippen molar-refractivity contribution >= 4 is 23.1 Å². The normalized spacial score (nSPS) is 10.7. The first-order chi connectivity index (χ1) is 10.4. The molecule has 4 nitrogen and oxygen atoms in total. The van der Waals surface area contributed by atoms with Gasteiger partial charge in [-0.3, -0.25) is 5.10 Å². The lowest BCUT2D eigenvalue weighted by Crippen LogP contribution is -1.95. The topological polar surface area (TPSA) is 50.8 Å². The molecule has 108 valence electrons. The maximum Gasteiger partial charge on any atom is 0.209 e. The molecule has 0 atom stereocenters. The van der Waals surface area contributed by atoms with Crippen LogP contribution in [0.25, 0.3) is 10.7 Å². The van der Waals surface area contributed by atoms with Crippen LogP contribution in [0.15, 0.2) is 46.9 Å². The number of rotatable bonds is 6. The van der Waals surface area contributed by atoms with E-state index in [0.29, 0.717) is 6.61 Å². The molecule has 0 aliphatic carbocycles. The molecule has 2 aromatic heterocycles. The zero-order valence-electron chi connectivity index (χ0n) is 11.6. The van der Waals surface area contributed by atoms with Crippen LogP contribution in [0, 0.1) is 0 Å². The number of aromatic amines is 1. The Morgan fingerprint density at radius 1 is 1.24 bits per heavy atom. The number of thioether (sulfide) groups is 1. The van der Waals surface area contributed by atoms with Gasteiger partial charge in [0.15, 0.2) is 5.82 Å². The second kappa shape index (κ2) is 6.78. The van der Waals surface area contributed by atoms with Gasteiger partial charge in [-0.2, -0.15) is 0 Å². The SMILES string of the molecule is CCOc1ccccc1CSc1n[nH]c(-c2cccs2)n1. The van der Waals surface area contributed by atoms with Crippen LogP contribution in [0.4, 0.5) is 0 Å². The predicted molar refractivity (Wildman–Crippen MR) is 86.9 cm³/mol. The van der Waals surface area contributed by atoms with Crippen LogP contribution in [0.5, 0.6) is 5.75 Å². The molecule has 1 aromatic carbocycles. The highest BCUT2D eigenvalue weighted by Crippen LogP contribution is 2.28. The molecule has 3 rings (SSSR count). The maximum atomic E-state index is 5.63. The zero-order chi connectivity index (χ0) is 14.5. The van der Waals surface area contributed by atoms with E-state index in [0.717, 1.165) is 32.9 Å². The molecule has 0 aliphatic heterocycles. The van der Waals surface area contributed by atoms with Crippen molar-refractivity contribution in [1.82, 2.24) is 15.2 Å². The van der Waals surface area contributed by atoms with E-state index in [2.05, 4.69) is 21.2 Å². The third-order valence-electron chi connectivity index (χ3n) is 2.85. The van der Waals surface area contributed by atoms with Crippen molar-refractivity contribution < 1.29 is 4.74 Å². The van der Waals surface area contributed by atoms with Gasteiger partial charge in [0.1, 0.15) is 5.75 Å². The maximum absolute atomic E-state index is 5.63. The van der Waals surface area contributed by atoms with Crippen LogP contribution in [-0.2, 0) is 5.75 Å². The van der Waals surface area contributed by atoms with Crippen molar-refractivity contribution in [2.24, 2.45) is 0 Å². The number of H-pyrrole nitrogens is 1. The predicted octanol–water partition coefficient (Wildman–Crippen LogP) is 4.22. The minimum atomic E-state index is 0.671. The average Bonchev–Trinajstić information content (AvgIpc) is 3.18. The van der Waals surface area contributed by atoms with Gasteiger partial charge in [-0.15, -0.1) is 16.4 Å². The summed E-state index contributed by atoms with van der Waals surface area (Å²) in [7, 11) is 0. The molecule has 0 saturated heterocycles. The van der Waals surface area contributed by atoms with Gasteiger partial charge in [0.2, 0.25) is 5.16 Å². The Kier molecular flexibility index (Phi) is 4.57. The summed E-state index contributed by atoms with van der Waals surface area (Å²) < 4.78 is 5.63. The van der Waals surface area contributed by atoms with Crippen molar-refractivity contribution in [2.75, 3.05) is 6.61 Å². The number of nitrogens with zero attached hydrogens (tertiary/aromatic N) is 2. The molecule has 0 fully saturated rings. The van der Waals surface area contributed by atoms with E-state index in [1.54, 1.807) is 23.1 Å². The minimum absolute atomic E-state index is 0.671. The van der Waals surface area contributed by atoms with Crippen LogP contribution < -0.4 is 4.74 Å². The highest BCUT2D eigenvalue weighted by molar-refractivity contribution is 7.98. The lowest BCUT2D eigenvalue weighted by molar-refractivity contribution is 0.337. The molecule has 6 heteroatoms. The molecular weight excluding hydrogens is 302 g/mol. The van der Waals surface area contributed by atoms with Gasteiger partial charge in [0.25, 0.3) is 0 Å². The Morgan fingerprint density at radius 3 is 2.95 bits per heavy atom. The molecule has 0 aliphatic rings. The Bertz CT molecular complexity index is 695. The van der Waals surface area contributed by atoms with Gasteiger partial charge in [-0.05, 0) is 24.4 Å². The Hall–Kier alpha value is -1.79. The molecule has 0 amide bonds. The lowest BCUT2D eigenvalue weighted by Gasteiger charge is -2.08. The molecular formula is C15H15N3OS2. The van der Waals surface area contributed by atoms with Crippen LogP contribution in [-0.4, -0.2) is 21.8 Å². The van der Waals surface area contributed by atoms with Crippen molar-refractivity contribution in [3.05, 3.63) is 47.3 Å². The Morgan fingerprint density at radius 2 is 2.14 bits per heavy atom. The van der Waals surface area contributed by atoms with E-state index < -0.39 is 0 Å². The van der Waals surface area contributed by atoms with E-state index in [4.69, 9.17) is 4.74 Å². The minimum Gasteiger partial charge on any atom is -0.494 e. The lowest BCUT2D eigenvalue weighted by atomic mass is 10.2. The number of ether oxygens (including phenoxy) is 1. The summed E-state index contributed by atoms with van der Waals surface area (Å²) in [6.07, 6.45) is 0.